The largest absolute Gasteiger partial charge is 0.478 e. The highest BCUT2D eigenvalue weighted by atomic mass is 16.4. The molecule has 28 heavy (non-hydrogen) atoms. The summed E-state index contributed by atoms with van der Waals surface area (Å²) in [5, 5.41) is 17.3. The molecule has 0 spiro atoms. The van der Waals surface area contributed by atoms with Crippen LogP contribution in [0.2, 0.25) is 0 Å². The molecule has 138 valence electrons. The molecule has 1 aliphatic rings. The Kier molecular flexibility index (Phi) is 4.76. The van der Waals surface area contributed by atoms with Gasteiger partial charge in [0.25, 0.3) is 0 Å². The Morgan fingerprint density at radius 1 is 0.821 bits per heavy atom. The third-order valence-electron chi connectivity index (χ3n) is 4.19. The van der Waals surface area contributed by atoms with E-state index < -0.39 is 5.97 Å². The van der Waals surface area contributed by atoms with E-state index in [9.17, 15) is 4.79 Å². The maximum Gasteiger partial charge on any atom is 0.335 e. The van der Waals surface area contributed by atoms with Gasteiger partial charge in [0.2, 0.25) is 0 Å². The number of hydrazone groups is 1. The summed E-state index contributed by atoms with van der Waals surface area (Å²) in [5.41, 5.74) is 6.20. The van der Waals surface area contributed by atoms with Crippen molar-refractivity contribution in [1.82, 2.24) is 5.43 Å². The number of benzene rings is 3. The van der Waals surface area contributed by atoms with Crippen molar-refractivity contribution in [3.63, 3.8) is 0 Å². The van der Waals surface area contributed by atoms with Gasteiger partial charge in [0.15, 0.2) is 5.84 Å². The van der Waals surface area contributed by atoms with Gasteiger partial charge in [-0.25, -0.2) is 4.79 Å². The SMILES string of the molecule is O=C(O)c1ccc(N2NC(C=Cc3ccccc3)=NN2c2ccccc2)cc1. The van der Waals surface area contributed by atoms with E-state index in [-0.39, 0.29) is 5.56 Å². The minimum Gasteiger partial charge on any atom is -0.478 e. The maximum absolute atomic E-state index is 11.1. The number of carbonyl (C=O) groups is 1. The van der Waals surface area contributed by atoms with Crippen LogP contribution in [0, 0.1) is 0 Å². The number of hydrogen-bond acceptors (Lipinski definition) is 5. The number of amidine groups is 1. The number of hydrogen-bond donors (Lipinski definition) is 2. The van der Waals surface area contributed by atoms with E-state index >= 15 is 0 Å². The molecule has 0 aromatic heterocycles. The average Bonchev–Trinajstić information content (AvgIpc) is 3.18. The van der Waals surface area contributed by atoms with Crippen molar-refractivity contribution in [3.8, 4) is 0 Å². The summed E-state index contributed by atoms with van der Waals surface area (Å²) in [5.74, 6) is -0.293. The van der Waals surface area contributed by atoms with E-state index in [0.717, 1.165) is 16.9 Å². The Morgan fingerprint density at radius 2 is 1.46 bits per heavy atom. The van der Waals surface area contributed by atoms with Crippen LogP contribution in [0.1, 0.15) is 15.9 Å². The fourth-order valence-corrected chi connectivity index (χ4v) is 2.79. The number of rotatable bonds is 5. The number of carboxylic acids is 1. The second-order valence-corrected chi connectivity index (χ2v) is 6.13. The summed E-state index contributed by atoms with van der Waals surface area (Å²) >= 11 is 0. The molecule has 0 fully saturated rings. The predicted octanol–water partition coefficient (Wildman–Crippen LogP) is 4.16. The molecule has 3 aromatic rings. The van der Waals surface area contributed by atoms with Crippen LogP contribution in [0.15, 0.2) is 96.1 Å². The number of aromatic carboxylic acids is 1. The molecule has 0 radical (unpaired) electrons. The van der Waals surface area contributed by atoms with Crippen LogP contribution in [-0.4, -0.2) is 16.9 Å². The molecule has 0 saturated carbocycles. The number of anilines is 2. The number of para-hydroxylation sites is 1. The van der Waals surface area contributed by atoms with Crippen molar-refractivity contribution in [2.45, 2.75) is 0 Å². The third kappa shape index (κ3) is 3.71. The van der Waals surface area contributed by atoms with Gasteiger partial charge in [-0.3, -0.25) is 5.43 Å². The Labute approximate surface area is 162 Å². The molecule has 0 amide bonds. The molecule has 0 aliphatic carbocycles. The molecule has 1 heterocycles. The second-order valence-electron chi connectivity index (χ2n) is 6.13. The zero-order chi connectivity index (χ0) is 19.3. The van der Waals surface area contributed by atoms with E-state index in [4.69, 9.17) is 5.11 Å². The lowest BCUT2D eigenvalue weighted by Crippen LogP contribution is -2.44. The standard InChI is InChI=1S/C22H18N4O2/c27-22(28)18-12-14-20(15-13-18)26-24-21(16-11-17-7-3-1-4-8-17)23-25(26)19-9-5-2-6-10-19/h1-16H,(H,23,24)(H,27,28). The first-order chi connectivity index (χ1) is 13.7. The summed E-state index contributed by atoms with van der Waals surface area (Å²) in [6.07, 6.45) is 3.88. The molecule has 0 unspecified atom stereocenters. The van der Waals surface area contributed by atoms with Gasteiger partial charge in [-0.2, -0.15) is 10.2 Å². The van der Waals surface area contributed by atoms with Crippen LogP contribution in [0.3, 0.4) is 0 Å². The van der Waals surface area contributed by atoms with Crippen molar-refractivity contribution in [2.24, 2.45) is 5.10 Å². The fourth-order valence-electron chi connectivity index (χ4n) is 2.79. The normalized spacial score (nSPS) is 13.5. The molecule has 4 rings (SSSR count). The molecule has 1 aliphatic heterocycles. The second kappa shape index (κ2) is 7.67. The monoisotopic (exact) mass is 370 g/mol. The zero-order valence-corrected chi connectivity index (χ0v) is 14.9. The average molecular weight is 370 g/mol. The molecule has 2 N–H and O–H groups in total. The van der Waals surface area contributed by atoms with Gasteiger partial charge >= 0.3 is 5.97 Å². The quantitative estimate of drug-likeness (QED) is 0.706. The van der Waals surface area contributed by atoms with Crippen LogP contribution in [-0.2, 0) is 0 Å². The summed E-state index contributed by atoms with van der Waals surface area (Å²) in [6.45, 7) is 0. The molecule has 0 saturated heterocycles. The van der Waals surface area contributed by atoms with Crippen molar-refractivity contribution < 1.29 is 9.90 Å². The third-order valence-corrected chi connectivity index (χ3v) is 4.19. The summed E-state index contributed by atoms with van der Waals surface area (Å²) in [4.78, 5) is 11.1. The summed E-state index contributed by atoms with van der Waals surface area (Å²) in [7, 11) is 0. The maximum atomic E-state index is 11.1. The molecule has 0 atom stereocenters. The molecule has 6 heteroatoms. The van der Waals surface area contributed by atoms with Crippen LogP contribution >= 0.6 is 0 Å². The molecule has 6 nitrogen and oxygen atoms in total. The van der Waals surface area contributed by atoms with E-state index in [1.807, 2.05) is 72.8 Å². The van der Waals surface area contributed by atoms with Crippen LogP contribution in [0.4, 0.5) is 11.4 Å². The van der Waals surface area contributed by atoms with Gasteiger partial charge in [-0.15, -0.1) is 5.10 Å². The molecule has 0 bridgehead atoms. The van der Waals surface area contributed by atoms with Gasteiger partial charge < -0.3 is 5.11 Å². The van der Waals surface area contributed by atoms with Gasteiger partial charge in [-0.1, -0.05) is 54.6 Å². The van der Waals surface area contributed by atoms with Crippen LogP contribution in [0.5, 0.6) is 0 Å². The summed E-state index contributed by atoms with van der Waals surface area (Å²) in [6, 6.07) is 26.3. The van der Waals surface area contributed by atoms with Gasteiger partial charge in [0.1, 0.15) is 0 Å². The molecular formula is C22H18N4O2. The van der Waals surface area contributed by atoms with Gasteiger partial charge in [0.05, 0.1) is 16.9 Å². The minimum atomic E-state index is -0.955. The number of carboxylic acid groups (broad SMARTS) is 1. The minimum absolute atomic E-state index is 0.235. The van der Waals surface area contributed by atoms with E-state index in [0.29, 0.717) is 5.84 Å². The Hall–Kier alpha value is -4.06. The highest BCUT2D eigenvalue weighted by molar-refractivity contribution is 6.00. The number of hydrazine groups is 2. The van der Waals surface area contributed by atoms with E-state index in [1.165, 1.54) is 0 Å². The first kappa shape index (κ1) is 17.4. The lowest BCUT2D eigenvalue weighted by molar-refractivity contribution is 0.0697. The lowest BCUT2D eigenvalue weighted by Gasteiger charge is -2.27. The van der Waals surface area contributed by atoms with E-state index in [1.54, 1.807) is 34.5 Å². The topological polar surface area (TPSA) is 68.2 Å². The Balaban J connectivity index is 1.64. The highest BCUT2D eigenvalue weighted by Crippen LogP contribution is 2.25. The smallest absolute Gasteiger partial charge is 0.335 e. The first-order valence-electron chi connectivity index (χ1n) is 8.78. The molecular weight excluding hydrogens is 352 g/mol. The Bertz CT molecular complexity index is 1020. The lowest BCUT2D eigenvalue weighted by atomic mass is 10.2. The van der Waals surface area contributed by atoms with Crippen molar-refractivity contribution in [1.29, 1.82) is 0 Å². The van der Waals surface area contributed by atoms with Crippen LogP contribution in [0.25, 0.3) is 6.08 Å². The van der Waals surface area contributed by atoms with Crippen molar-refractivity contribution >= 4 is 29.3 Å². The summed E-state index contributed by atoms with van der Waals surface area (Å²) < 4.78 is 0. The van der Waals surface area contributed by atoms with Gasteiger partial charge in [0, 0.05) is 0 Å². The number of nitrogens with zero attached hydrogens (tertiary/aromatic N) is 3. The van der Waals surface area contributed by atoms with Crippen LogP contribution < -0.4 is 15.7 Å². The highest BCUT2D eigenvalue weighted by Gasteiger charge is 2.24. The first-order valence-corrected chi connectivity index (χ1v) is 8.78. The number of nitrogens with one attached hydrogen (secondary N) is 1. The predicted molar refractivity (Wildman–Crippen MR) is 111 cm³/mol. The van der Waals surface area contributed by atoms with Gasteiger partial charge in [-0.05, 0) is 48.0 Å². The van der Waals surface area contributed by atoms with E-state index in [2.05, 4.69) is 10.5 Å². The molecule has 3 aromatic carbocycles. The van der Waals surface area contributed by atoms with Crippen molar-refractivity contribution in [3.05, 3.63) is 102 Å². The fraction of sp³-hybridized carbons (Fsp3) is 0. The van der Waals surface area contributed by atoms with Crippen molar-refractivity contribution in [2.75, 3.05) is 10.2 Å². The Morgan fingerprint density at radius 3 is 2.11 bits per heavy atom. The zero-order valence-electron chi connectivity index (χ0n) is 14.9.